The van der Waals surface area contributed by atoms with E-state index in [0.717, 1.165) is 0 Å². The molecule has 2 aromatic carbocycles. The van der Waals surface area contributed by atoms with Gasteiger partial charge >= 0.3 is 5.97 Å². The van der Waals surface area contributed by atoms with Crippen LogP contribution in [-0.4, -0.2) is 32.4 Å². The maximum atomic E-state index is 12.5. The summed E-state index contributed by atoms with van der Waals surface area (Å²) < 4.78 is 1.20. The van der Waals surface area contributed by atoms with Gasteiger partial charge in [-0.2, -0.15) is 0 Å². The number of anilines is 1. The Morgan fingerprint density at radius 1 is 1.03 bits per heavy atom. The molecule has 148 valence electrons. The van der Waals surface area contributed by atoms with Gasteiger partial charge in [-0.1, -0.05) is 18.2 Å². The van der Waals surface area contributed by atoms with Gasteiger partial charge in [0, 0.05) is 30.1 Å². The lowest BCUT2D eigenvalue weighted by atomic mass is 10.0. The maximum Gasteiger partial charge on any atom is 0.303 e. The first-order chi connectivity index (χ1) is 13.8. The van der Waals surface area contributed by atoms with Gasteiger partial charge in [0.05, 0.1) is 11.9 Å². The SMILES string of the molecule is Cn1c(=O)c(C(=O)CCC(=O)O)c(O)c2cc(NC(=O)c3ccccc3)ccc21. The van der Waals surface area contributed by atoms with Gasteiger partial charge in [-0.15, -0.1) is 0 Å². The van der Waals surface area contributed by atoms with Crippen molar-refractivity contribution in [3.8, 4) is 5.75 Å². The zero-order chi connectivity index (χ0) is 21.1. The third-order valence-electron chi connectivity index (χ3n) is 4.51. The van der Waals surface area contributed by atoms with Gasteiger partial charge in [0.2, 0.25) is 0 Å². The molecule has 0 spiro atoms. The average Bonchev–Trinajstić information content (AvgIpc) is 2.71. The highest BCUT2D eigenvalue weighted by Gasteiger charge is 2.22. The molecule has 0 radical (unpaired) electrons. The summed E-state index contributed by atoms with van der Waals surface area (Å²) in [4.78, 5) is 47.9. The van der Waals surface area contributed by atoms with E-state index in [2.05, 4.69) is 5.32 Å². The Balaban J connectivity index is 2.03. The number of rotatable bonds is 6. The van der Waals surface area contributed by atoms with Crippen molar-refractivity contribution in [2.45, 2.75) is 12.8 Å². The summed E-state index contributed by atoms with van der Waals surface area (Å²) in [5.41, 5.74) is -0.00899. The number of carbonyl (C=O) groups is 3. The summed E-state index contributed by atoms with van der Waals surface area (Å²) >= 11 is 0. The van der Waals surface area contributed by atoms with Crippen LogP contribution in [0, 0.1) is 0 Å². The summed E-state index contributed by atoms with van der Waals surface area (Å²) in [7, 11) is 1.44. The Hall–Kier alpha value is -3.94. The van der Waals surface area contributed by atoms with E-state index in [0.29, 0.717) is 16.8 Å². The molecule has 29 heavy (non-hydrogen) atoms. The van der Waals surface area contributed by atoms with Crippen molar-refractivity contribution in [1.29, 1.82) is 0 Å². The molecule has 0 unspecified atom stereocenters. The lowest BCUT2D eigenvalue weighted by Gasteiger charge is -2.13. The number of fused-ring (bicyclic) bond motifs is 1. The van der Waals surface area contributed by atoms with Crippen molar-refractivity contribution in [2.75, 3.05) is 5.32 Å². The molecule has 0 aliphatic carbocycles. The van der Waals surface area contributed by atoms with Gasteiger partial charge in [-0.25, -0.2) is 0 Å². The van der Waals surface area contributed by atoms with Gasteiger partial charge < -0.3 is 20.1 Å². The van der Waals surface area contributed by atoms with Crippen LogP contribution in [0.1, 0.15) is 33.6 Å². The molecule has 0 saturated heterocycles. The zero-order valence-corrected chi connectivity index (χ0v) is 15.5. The normalized spacial score (nSPS) is 10.7. The number of nitrogens with one attached hydrogen (secondary N) is 1. The predicted octanol–water partition coefficient (Wildman–Crippen LogP) is 2.54. The summed E-state index contributed by atoms with van der Waals surface area (Å²) in [6.07, 6.45) is -0.860. The van der Waals surface area contributed by atoms with Gasteiger partial charge in [0.15, 0.2) is 5.78 Å². The van der Waals surface area contributed by atoms with E-state index in [4.69, 9.17) is 5.11 Å². The Morgan fingerprint density at radius 3 is 2.38 bits per heavy atom. The molecule has 3 aromatic rings. The number of nitrogens with zero attached hydrogens (tertiary/aromatic N) is 1. The smallest absolute Gasteiger partial charge is 0.303 e. The van der Waals surface area contributed by atoms with Crippen LogP contribution in [0.15, 0.2) is 53.3 Å². The molecule has 0 saturated carbocycles. The van der Waals surface area contributed by atoms with Crippen LogP contribution in [-0.2, 0) is 11.8 Å². The van der Waals surface area contributed by atoms with E-state index in [-0.39, 0.29) is 11.3 Å². The maximum absolute atomic E-state index is 12.5. The van der Waals surface area contributed by atoms with Crippen molar-refractivity contribution >= 4 is 34.3 Å². The molecule has 0 aliphatic rings. The molecular weight excluding hydrogens is 376 g/mol. The van der Waals surface area contributed by atoms with Crippen molar-refractivity contribution in [3.05, 3.63) is 70.0 Å². The van der Waals surface area contributed by atoms with E-state index in [9.17, 15) is 24.3 Å². The van der Waals surface area contributed by atoms with Crippen LogP contribution in [0.4, 0.5) is 5.69 Å². The second-order valence-corrected chi connectivity index (χ2v) is 6.46. The van der Waals surface area contributed by atoms with Gasteiger partial charge in [-0.05, 0) is 30.3 Å². The second kappa shape index (κ2) is 7.97. The summed E-state index contributed by atoms with van der Waals surface area (Å²) in [5.74, 6) is -2.83. The number of hydrogen-bond acceptors (Lipinski definition) is 5. The molecule has 0 atom stereocenters. The highest BCUT2D eigenvalue weighted by Crippen LogP contribution is 2.29. The standard InChI is InChI=1S/C21H18N2O6/c1-23-15-8-7-13(22-20(28)12-5-3-2-4-6-12)11-14(15)19(27)18(21(23)29)16(24)9-10-17(25)26/h2-8,11,27H,9-10H2,1H3,(H,22,28)(H,25,26). The summed E-state index contributed by atoms with van der Waals surface area (Å²) in [6.45, 7) is 0. The van der Waals surface area contributed by atoms with Crippen LogP contribution < -0.4 is 10.9 Å². The zero-order valence-electron chi connectivity index (χ0n) is 15.5. The number of aryl methyl sites for hydroxylation is 1. The quantitative estimate of drug-likeness (QED) is 0.552. The van der Waals surface area contributed by atoms with E-state index < -0.39 is 41.5 Å². The molecule has 0 bridgehead atoms. The number of aromatic hydroxyl groups is 1. The average molecular weight is 394 g/mol. The lowest BCUT2D eigenvalue weighted by Crippen LogP contribution is -2.25. The fraction of sp³-hybridized carbons (Fsp3) is 0.143. The predicted molar refractivity (Wildman–Crippen MR) is 106 cm³/mol. The Bertz CT molecular complexity index is 1180. The minimum atomic E-state index is -1.18. The molecule has 1 amide bonds. The molecular formula is C21H18N2O6. The van der Waals surface area contributed by atoms with Crippen molar-refractivity contribution in [3.63, 3.8) is 0 Å². The number of ketones is 1. The van der Waals surface area contributed by atoms with Crippen molar-refractivity contribution < 1.29 is 24.6 Å². The van der Waals surface area contributed by atoms with Gasteiger partial charge in [-0.3, -0.25) is 19.2 Å². The largest absolute Gasteiger partial charge is 0.506 e. The number of hydrogen-bond donors (Lipinski definition) is 3. The van der Waals surface area contributed by atoms with Crippen LogP contribution in [0.3, 0.4) is 0 Å². The van der Waals surface area contributed by atoms with E-state index in [1.54, 1.807) is 42.5 Å². The number of carboxylic acids is 1. The van der Waals surface area contributed by atoms with E-state index in [1.165, 1.54) is 17.7 Å². The summed E-state index contributed by atoms with van der Waals surface area (Å²) in [5, 5.41) is 22.2. The molecule has 8 heteroatoms. The monoisotopic (exact) mass is 394 g/mol. The Morgan fingerprint density at radius 2 is 1.72 bits per heavy atom. The number of Topliss-reactive ketones (excluding diaryl/α,β-unsaturated/α-hetero) is 1. The van der Waals surface area contributed by atoms with Crippen LogP contribution >= 0.6 is 0 Å². The minimum absolute atomic E-state index is 0.191. The molecule has 3 N–H and O–H groups in total. The molecule has 1 heterocycles. The fourth-order valence-electron chi connectivity index (χ4n) is 3.00. The van der Waals surface area contributed by atoms with Crippen LogP contribution in [0.2, 0.25) is 0 Å². The number of amides is 1. The third kappa shape index (κ3) is 4.01. The topological polar surface area (TPSA) is 126 Å². The molecule has 0 fully saturated rings. The Labute approximate surface area is 165 Å². The van der Waals surface area contributed by atoms with Gasteiger partial charge in [0.25, 0.3) is 11.5 Å². The molecule has 3 rings (SSSR count). The first-order valence-electron chi connectivity index (χ1n) is 8.76. The lowest BCUT2D eigenvalue weighted by molar-refractivity contribution is -0.136. The van der Waals surface area contributed by atoms with E-state index in [1.807, 2.05) is 0 Å². The van der Waals surface area contributed by atoms with Crippen molar-refractivity contribution in [2.24, 2.45) is 7.05 Å². The molecule has 0 aliphatic heterocycles. The first kappa shape index (κ1) is 19.8. The highest BCUT2D eigenvalue weighted by atomic mass is 16.4. The second-order valence-electron chi connectivity index (χ2n) is 6.46. The third-order valence-corrected chi connectivity index (χ3v) is 4.51. The van der Waals surface area contributed by atoms with E-state index >= 15 is 0 Å². The van der Waals surface area contributed by atoms with Crippen LogP contribution in [0.25, 0.3) is 10.9 Å². The highest BCUT2D eigenvalue weighted by molar-refractivity contribution is 6.07. The van der Waals surface area contributed by atoms with Gasteiger partial charge in [0.1, 0.15) is 11.3 Å². The number of pyridine rings is 1. The number of benzene rings is 2. The van der Waals surface area contributed by atoms with Crippen LogP contribution in [0.5, 0.6) is 5.75 Å². The first-order valence-corrected chi connectivity index (χ1v) is 8.76. The minimum Gasteiger partial charge on any atom is -0.506 e. The Kier molecular flexibility index (Phi) is 5.45. The van der Waals surface area contributed by atoms with Crippen molar-refractivity contribution in [1.82, 2.24) is 4.57 Å². The number of carboxylic acid groups (broad SMARTS) is 1. The molecule has 1 aromatic heterocycles. The fourth-order valence-corrected chi connectivity index (χ4v) is 3.00. The molecule has 8 nitrogen and oxygen atoms in total. The summed E-state index contributed by atoms with van der Waals surface area (Å²) in [6, 6.07) is 13.1. The number of aliphatic carboxylic acids is 1. The number of aromatic nitrogens is 1. The number of carbonyl (C=O) groups excluding carboxylic acids is 2.